The molecule has 0 aromatic rings. The van der Waals surface area contributed by atoms with Crippen molar-refractivity contribution in [3.8, 4) is 0 Å². The van der Waals surface area contributed by atoms with Gasteiger partial charge >= 0.3 is 11.9 Å². The van der Waals surface area contributed by atoms with Crippen molar-refractivity contribution in [1.29, 1.82) is 0 Å². The van der Waals surface area contributed by atoms with Gasteiger partial charge in [0.25, 0.3) is 0 Å². The largest absolute Gasteiger partial charge is 0.458 e. The Kier molecular flexibility index (Phi) is 6.72. The zero-order valence-electron chi connectivity index (χ0n) is 11.1. The number of ether oxygens (including phenoxy) is 3. The lowest BCUT2D eigenvalue weighted by molar-refractivity contribution is -0.182. The summed E-state index contributed by atoms with van der Waals surface area (Å²) in [6.07, 6.45) is 2.03. The van der Waals surface area contributed by atoms with Crippen LogP contribution in [-0.2, 0) is 23.8 Å². The fourth-order valence-corrected chi connectivity index (χ4v) is 1.80. The Labute approximate surface area is 108 Å². The topological polar surface area (TPSA) is 61.8 Å². The highest BCUT2D eigenvalue weighted by Gasteiger charge is 2.31. The summed E-state index contributed by atoms with van der Waals surface area (Å²) in [5.74, 6) is -0.495. The molecule has 1 aliphatic heterocycles. The molecule has 1 aliphatic rings. The lowest BCUT2D eigenvalue weighted by Gasteiger charge is -2.30. The maximum Gasteiger partial charge on any atom is 0.306 e. The summed E-state index contributed by atoms with van der Waals surface area (Å²) < 4.78 is 15.9. The Morgan fingerprint density at radius 2 is 1.61 bits per heavy atom. The van der Waals surface area contributed by atoms with Gasteiger partial charge in [-0.2, -0.15) is 0 Å². The van der Waals surface area contributed by atoms with Crippen molar-refractivity contribution in [1.82, 2.24) is 0 Å². The lowest BCUT2D eigenvalue weighted by Crippen LogP contribution is -2.43. The van der Waals surface area contributed by atoms with Crippen LogP contribution in [-0.4, -0.2) is 37.4 Å². The van der Waals surface area contributed by atoms with Gasteiger partial charge in [-0.3, -0.25) is 9.59 Å². The minimum absolute atomic E-state index is 0.235. The predicted molar refractivity (Wildman–Crippen MR) is 65.0 cm³/mol. The second-order valence-corrected chi connectivity index (χ2v) is 4.42. The van der Waals surface area contributed by atoms with Crippen molar-refractivity contribution in [3.05, 3.63) is 0 Å². The molecular formula is C13H22O5. The van der Waals surface area contributed by atoms with Gasteiger partial charge in [0.05, 0.1) is 13.2 Å². The van der Waals surface area contributed by atoms with Crippen LogP contribution in [0.15, 0.2) is 0 Å². The summed E-state index contributed by atoms with van der Waals surface area (Å²) in [6, 6.07) is 0. The molecule has 1 rings (SSSR count). The third-order valence-electron chi connectivity index (χ3n) is 2.72. The van der Waals surface area contributed by atoms with Gasteiger partial charge in [0.15, 0.2) is 6.10 Å². The van der Waals surface area contributed by atoms with Crippen LogP contribution >= 0.6 is 0 Å². The number of hydrogen-bond donors (Lipinski definition) is 0. The third kappa shape index (κ3) is 5.04. The second-order valence-electron chi connectivity index (χ2n) is 4.42. The van der Waals surface area contributed by atoms with E-state index in [4.69, 9.17) is 14.2 Å². The second kappa shape index (κ2) is 8.08. The van der Waals surface area contributed by atoms with Crippen LogP contribution in [0.1, 0.15) is 46.0 Å². The highest BCUT2D eigenvalue weighted by molar-refractivity contribution is 5.70. The molecular weight excluding hydrogens is 236 g/mol. The first-order valence-corrected chi connectivity index (χ1v) is 6.64. The van der Waals surface area contributed by atoms with E-state index in [2.05, 4.69) is 0 Å². The van der Waals surface area contributed by atoms with Crippen LogP contribution in [0.3, 0.4) is 0 Å². The Bertz CT molecular complexity index is 249. The Hall–Kier alpha value is -1.10. The summed E-state index contributed by atoms with van der Waals surface area (Å²) in [6.45, 7) is 4.67. The highest BCUT2D eigenvalue weighted by atomic mass is 16.6. The van der Waals surface area contributed by atoms with Crippen LogP contribution in [0.25, 0.3) is 0 Å². The maximum absolute atomic E-state index is 11.5. The van der Waals surface area contributed by atoms with Gasteiger partial charge in [-0.25, -0.2) is 0 Å². The lowest BCUT2D eigenvalue weighted by atomic mass is 10.1. The molecule has 0 aromatic carbocycles. The summed E-state index contributed by atoms with van der Waals surface area (Å²) in [7, 11) is 0. The minimum atomic E-state index is -0.460. The van der Waals surface area contributed by atoms with Gasteiger partial charge in [0, 0.05) is 19.3 Å². The molecule has 18 heavy (non-hydrogen) atoms. The SMILES string of the molecule is CCCC(=O)OC1CCOCC1OC(=O)CCC. The molecule has 5 nitrogen and oxygen atoms in total. The van der Waals surface area contributed by atoms with Gasteiger partial charge < -0.3 is 14.2 Å². The smallest absolute Gasteiger partial charge is 0.306 e. The Morgan fingerprint density at radius 1 is 1.06 bits per heavy atom. The molecule has 2 unspecified atom stereocenters. The van der Waals surface area contributed by atoms with Crippen LogP contribution in [0.5, 0.6) is 0 Å². The molecule has 0 bridgehead atoms. The van der Waals surface area contributed by atoms with E-state index in [0.717, 1.165) is 12.8 Å². The number of esters is 2. The molecule has 0 spiro atoms. The molecule has 0 saturated carbocycles. The molecule has 2 atom stereocenters. The zero-order chi connectivity index (χ0) is 13.4. The molecule has 1 fully saturated rings. The minimum Gasteiger partial charge on any atom is -0.458 e. The Balaban J connectivity index is 2.46. The first-order valence-electron chi connectivity index (χ1n) is 6.64. The fourth-order valence-electron chi connectivity index (χ4n) is 1.80. The number of hydrogen-bond acceptors (Lipinski definition) is 5. The molecule has 0 aromatic heterocycles. The van der Waals surface area contributed by atoms with Gasteiger partial charge in [0.1, 0.15) is 6.10 Å². The zero-order valence-corrected chi connectivity index (χ0v) is 11.1. The molecule has 0 amide bonds. The summed E-state index contributed by atoms with van der Waals surface area (Å²) in [5, 5.41) is 0. The maximum atomic E-state index is 11.5. The summed E-state index contributed by atoms with van der Waals surface area (Å²) >= 11 is 0. The quantitative estimate of drug-likeness (QED) is 0.680. The van der Waals surface area contributed by atoms with E-state index in [-0.39, 0.29) is 18.0 Å². The van der Waals surface area contributed by atoms with Crippen molar-refractivity contribution >= 4 is 11.9 Å². The first kappa shape index (κ1) is 15.0. The molecule has 1 heterocycles. The summed E-state index contributed by atoms with van der Waals surface area (Å²) in [4.78, 5) is 22.9. The predicted octanol–water partition coefficient (Wildman–Crippen LogP) is 1.83. The van der Waals surface area contributed by atoms with Crippen molar-refractivity contribution < 1.29 is 23.8 Å². The van der Waals surface area contributed by atoms with E-state index in [1.54, 1.807) is 0 Å². The van der Waals surface area contributed by atoms with Crippen LogP contribution in [0.4, 0.5) is 0 Å². The molecule has 0 radical (unpaired) electrons. The van der Waals surface area contributed by atoms with Gasteiger partial charge in [-0.15, -0.1) is 0 Å². The van der Waals surface area contributed by atoms with Gasteiger partial charge in [-0.1, -0.05) is 13.8 Å². The van der Waals surface area contributed by atoms with Crippen molar-refractivity contribution in [2.24, 2.45) is 0 Å². The average Bonchev–Trinajstić information content (AvgIpc) is 2.32. The van der Waals surface area contributed by atoms with E-state index in [9.17, 15) is 9.59 Å². The molecule has 0 N–H and O–H groups in total. The normalized spacial score (nSPS) is 23.4. The number of rotatable bonds is 6. The van der Waals surface area contributed by atoms with Gasteiger partial charge in [0.2, 0.25) is 0 Å². The van der Waals surface area contributed by atoms with E-state index in [0.29, 0.717) is 32.5 Å². The van der Waals surface area contributed by atoms with E-state index in [1.165, 1.54) is 0 Å². The Morgan fingerprint density at radius 3 is 2.17 bits per heavy atom. The molecule has 0 aliphatic carbocycles. The van der Waals surface area contributed by atoms with Crippen molar-refractivity contribution in [3.63, 3.8) is 0 Å². The van der Waals surface area contributed by atoms with E-state index < -0.39 is 6.10 Å². The van der Waals surface area contributed by atoms with Crippen LogP contribution in [0, 0.1) is 0 Å². The van der Waals surface area contributed by atoms with Crippen molar-refractivity contribution in [2.45, 2.75) is 58.2 Å². The van der Waals surface area contributed by atoms with Crippen LogP contribution < -0.4 is 0 Å². The molecule has 1 saturated heterocycles. The van der Waals surface area contributed by atoms with Gasteiger partial charge in [-0.05, 0) is 12.8 Å². The van der Waals surface area contributed by atoms with E-state index in [1.807, 2.05) is 13.8 Å². The van der Waals surface area contributed by atoms with E-state index >= 15 is 0 Å². The highest BCUT2D eigenvalue weighted by Crippen LogP contribution is 2.17. The molecule has 5 heteroatoms. The first-order chi connectivity index (χ1) is 8.67. The number of carbonyl (C=O) groups is 2. The fraction of sp³-hybridized carbons (Fsp3) is 0.846. The van der Waals surface area contributed by atoms with Crippen molar-refractivity contribution in [2.75, 3.05) is 13.2 Å². The molecule has 104 valence electrons. The summed E-state index contributed by atoms with van der Waals surface area (Å²) in [5.41, 5.74) is 0. The standard InChI is InChI=1S/C13H22O5/c1-3-5-12(14)17-10-7-8-16-9-11(10)18-13(15)6-4-2/h10-11H,3-9H2,1-2H3. The average molecular weight is 258 g/mol. The third-order valence-corrected chi connectivity index (χ3v) is 2.72. The monoisotopic (exact) mass is 258 g/mol. The van der Waals surface area contributed by atoms with Crippen LogP contribution in [0.2, 0.25) is 0 Å². The number of carbonyl (C=O) groups excluding carboxylic acids is 2.